The van der Waals surface area contributed by atoms with E-state index in [1.54, 1.807) is 13.2 Å². The maximum atomic E-state index is 14.8. The summed E-state index contributed by atoms with van der Waals surface area (Å²) >= 11 is 0. The Hall–Kier alpha value is -3.19. The summed E-state index contributed by atoms with van der Waals surface area (Å²) in [5, 5.41) is 15.3. The molecular formula is C24H26F2N4O. The number of ether oxygens (including phenoxy) is 1. The van der Waals surface area contributed by atoms with E-state index in [0.29, 0.717) is 30.2 Å². The second-order valence-corrected chi connectivity index (χ2v) is 7.76. The fourth-order valence-electron chi connectivity index (χ4n) is 4.02. The summed E-state index contributed by atoms with van der Waals surface area (Å²) in [6.07, 6.45) is 3.40. The lowest BCUT2D eigenvalue weighted by Crippen LogP contribution is -2.39. The van der Waals surface area contributed by atoms with E-state index in [0.717, 1.165) is 30.2 Å². The van der Waals surface area contributed by atoms with Crippen LogP contribution in [0.15, 0.2) is 48.7 Å². The quantitative estimate of drug-likeness (QED) is 0.405. The van der Waals surface area contributed by atoms with Gasteiger partial charge in [0.05, 0.1) is 5.56 Å². The highest BCUT2D eigenvalue weighted by Crippen LogP contribution is 2.35. The van der Waals surface area contributed by atoms with Gasteiger partial charge in [-0.15, -0.1) is 0 Å². The van der Waals surface area contributed by atoms with Gasteiger partial charge in [0.15, 0.2) is 0 Å². The smallest absolute Gasteiger partial charge is 0.134 e. The van der Waals surface area contributed by atoms with Crippen LogP contribution in [0.1, 0.15) is 24.0 Å². The van der Waals surface area contributed by atoms with E-state index in [1.165, 1.54) is 12.1 Å². The van der Waals surface area contributed by atoms with Gasteiger partial charge in [-0.3, -0.25) is 5.41 Å². The molecule has 3 aromatic rings. The van der Waals surface area contributed by atoms with E-state index in [9.17, 15) is 8.78 Å². The highest BCUT2D eigenvalue weighted by Gasteiger charge is 2.25. The van der Waals surface area contributed by atoms with Gasteiger partial charge < -0.3 is 19.9 Å². The zero-order valence-electron chi connectivity index (χ0n) is 17.6. The van der Waals surface area contributed by atoms with Crippen molar-refractivity contribution in [2.24, 2.45) is 0 Å². The third kappa shape index (κ3) is 4.32. The molecule has 0 atom stereocenters. The van der Waals surface area contributed by atoms with Crippen LogP contribution >= 0.6 is 0 Å². The van der Waals surface area contributed by atoms with Crippen molar-refractivity contribution < 1.29 is 13.5 Å². The molecule has 162 valence electrons. The van der Waals surface area contributed by atoms with Crippen LogP contribution in [0.5, 0.6) is 0 Å². The van der Waals surface area contributed by atoms with Crippen molar-refractivity contribution in [1.82, 2.24) is 9.88 Å². The van der Waals surface area contributed by atoms with Crippen molar-refractivity contribution in [2.75, 3.05) is 25.6 Å². The van der Waals surface area contributed by atoms with Gasteiger partial charge >= 0.3 is 0 Å². The van der Waals surface area contributed by atoms with Crippen LogP contribution in [0.4, 0.5) is 14.6 Å². The number of nitrogens with one attached hydrogen (secondary N) is 3. The Labute approximate surface area is 180 Å². The predicted octanol–water partition coefficient (Wildman–Crippen LogP) is 4.87. The number of benzene rings is 2. The Morgan fingerprint density at radius 1 is 1.10 bits per heavy atom. The Kier molecular flexibility index (Phi) is 6.04. The third-order valence-corrected chi connectivity index (χ3v) is 5.56. The maximum Gasteiger partial charge on any atom is 0.134 e. The lowest BCUT2D eigenvalue weighted by Gasteiger charge is -2.25. The minimum atomic E-state index is -0.663. The second kappa shape index (κ2) is 8.89. The number of anilines is 1. The second-order valence-electron chi connectivity index (χ2n) is 7.76. The van der Waals surface area contributed by atoms with Gasteiger partial charge in [-0.05, 0) is 49.6 Å². The SMILES string of the molecule is CNc1c(C(=N)NC2CCOCC2)c(-c2ccc(F)cc2F)cn1-c1cccc(C)c1. The first-order valence-corrected chi connectivity index (χ1v) is 10.4. The first-order chi connectivity index (χ1) is 15.0. The summed E-state index contributed by atoms with van der Waals surface area (Å²) in [5.41, 5.74) is 3.28. The average Bonchev–Trinajstić information content (AvgIpc) is 3.14. The number of rotatable bonds is 5. The highest BCUT2D eigenvalue weighted by atomic mass is 19.1. The standard InChI is InChI=1S/C24H26F2N4O/c1-15-4-3-5-18(12-15)30-14-20(19-7-6-16(25)13-21(19)26)22(24(30)28-2)23(27)29-17-8-10-31-11-9-17/h3-7,12-14,17,28H,8-11H2,1-2H3,(H2,27,29). The van der Waals surface area contributed by atoms with E-state index >= 15 is 0 Å². The van der Waals surface area contributed by atoms with Crippen LogP contribution < -0.4 is 10.6 Å². The fraction of sp³-hybridized carbons (Fsp3) is 0.292. The first kappa shape index (κ1) is 21.1. The molecule has 31 heavy (non-hydrogen) atoms. The molecule has 2 aromatic carbocycles. The number of amidine groups is 1. The van der Waals surface area contributed by atoms with Crippen LogP contribution in [-0.4, -0.2) is 36.7 Å². The number of hydrogen-bond acceptors (Lipinski definition) is 3. The molecule has 1 aromatic heterocycles. The van der Waals surface area contributed by atoms with Crippen molar-refractivity contribution in [1.29, 1.82) is 5.41 Å². The van der Waals surface area contributed by atoms with Gasteiger partial charge in [0, 0.05) is 55.4 Å². The van der Waals surface area contributed by atoms with Crippen LogP contribution in [0.2, 0.25) is 0 Å². The largest absolute Gasteiger partial charge is 0.381 e. The lowest BCUT2D eigenvalue weighted by atomic mass is 10.0. The summed E-state index contributed by atoms with van der Waals surface area (Å²) < 4.78 is 35.7. The molecule has 7 heteroatoms. The van der Waals surface area contributed by atoms with Crippen LogP contribution in [0.25, 0.3) is 16.8 Å². The molecule has 3 N–H and O–H groups in total. The molecule has 0 unspecified atom stereocenters. The van der Waals surface area contributed by atoms with Gasteiger partial charge in [-0.1, -0.05) is 12.1 Å². The minimum Gasteiger partial charge on any atom is -0.381 e. The van der Waals surface area contributed by atoms with Gasteiger partial charge in [-0.25, -0.2) is 8.78 Å². The Morgan fingerprint density at radius 3 is 2.55 bits per heavy atom. The summed E-state index contributed by atoms with van der Waals surface area (Å²) in [6, 6.07) is 11.6. The molecule has 0 amide bonds. The van der Waals surface area contributed by atoms with Gasteiger partial charge in [0.25, 0.3) is 0 Å². The molecule has 0 saturated carbocycles. The third-order valence-electron chi connectivity index (χ3n) is 5.56. The van der Waals surface area contributed by atoms with Crippen LogP contribution in [0.3, 0.4) is 0 Å². The van der Waals surface area contributed by atoms with E-state index in [2.05, 4.69) is 10.6 Å². The molecule has 1 aliphatic rings. The number of hydrogen-bond donors (Lipinski definition) is 3. The van der Waals surface area contributed by atoms with Crippen molar-refractivity contribution in [3.63, 3.8) is 0 Å². The normalized spacial score (nSPS) is 14.5. The van der Waals surface area contributed by atoms with Crippen molar-refractivity contribution >= 4 is 11.7 Å². The number of aromatic nitrogens is 1. The molecule has 2 heterocycles. The van der Waals surface area contributed by atoms with Gasteiger partial charge in [-0.2, -0.15) is 0 Å². The fourth-order valence-corrected chi connectivity index (χ4v) is 4.02. The molecule has 1 aliphatic heterocycles. The van der Waals surface area contributed by atoms with E-state index in [1.807, 2.05) is 35.8 Å². The minimum absolute atomic E-state index is 0.110. The molecule has 0 spiro atoms. The highest BCUT2D eigenvalue weighted by molar-refractivity contribution is 6.07. The van der Waals surface area contributed by atoms with Crippen molar-refractivity contribution in [3.05, 3.63) is 71.4 Å². The molecule has 0 bridgehead atoms. The lowest BCUT2D eigenvalue weighted by molar-refractivity contribution is 0.0824. The Bertz CT molecular complexity index is 1100. The van der Waals surface area contributed by atoms with Crippen molar-refractivity contribution in [2.45, 2.75) is 25.8 Å². The molecule has 1 saturated heterocycles. The number of halogens is 2. The average molecular weight is 424 g/mol. The van der Waals surface area contributed by atoms with Crippen LogP contribution in [0, 0.1) is 24.0 Å². The number of nitrogens with zero attached hydrogens (tertiary/aromatic N) is 1. The molecule has 0 radical (unpaired) electrons. The monoisotopic (exact) mass is 424 g/mol. The summed E-state index contributed by atoms with van der Waals surface area (Å²) in [5.74, 6) is -0.440. The topological polar surface area (TPSA) is 62.1 Å². The van der Waals surface area contributed by atoms with Gasteiger partial charge in [0.2, 0.25) is 0 Å². The van der Waals surface area contributed by atoms with E-state index < -0.39 is 11.6 Å². The molecule has 4 rings (SSSR count). The van der Waals surface area contributed by atoms with E-state index in [4.69, 9.17) is 10.1 Å². The first-order valence-electron chi connectivity index (χ1n) is 10.4. The van der Waals surface area contributed by atoms with Crippen LogP contribution in [-0.2, 0) is 4.74 Å². The zero-order valence-corrected chi connectivity index (χ0v) is 17.6. The Morgan fingerprint density at radius 2 is 1.87 bits per heavy atom. The summed E-state index contributed by atoms with van der Waals surface area (Å²) in [4.78, 5) is 0. The zero-order chi connectivity index (χ0) is 22.0. The molecule has 1 fully saturated rings. The molecular weight excluding hydrogens is 398 g/mol. The summed E-state index contributed by atoms with van der Waals surface area (Å²) in [7, 11) is 1.78. The Balaban J connectivity index is 1.86. The molecule has 5 nitrogen and oxygen atoms in total. The number of aryl methyl sites for hydroxylation is 1. The van der Waals surface area contributed by atoms with Gasteiger partial charge in [0.1, 0.15) is 23.3 Å². The molecule has 0 aliphatic carbocycles. The summed E-state index contributed by atoms with van der Waals surface area (Å²) in [6.45, 7) is 3.30. The predicted molar refractivity (Wildman–Crippen MR) is 119 cm³/mol. The maximum absolute atomic E-state index is 14.8. The van der Waals surface area contributed by atoms with E-state index in [-0.39, 0.29) is 17.4 Å². The van der Waals surface area contributed by atoms with Crippen molar-refractivity contribution in [3.8, 4) is 16.8 Å².